The summed E-state index contributed by atoms with van der Waals surface area (Å²) in [6.45, 7) is 0.775. The molecule has 2 aromatic rings. The average molecular weight is 303 g/mol. The molecular weight excluding hydrogens is 288 g/mol. The second-order valence-electron chi connectivity index (χ2n) is 4.72. The molecule has 6 nitrogen and oxygen atoms in total. The van der Waals surface area contributed by atoms with Crippen molar-refractivity contribution in [3.8, 4) is 0 Å². The molecule has 0 bridgehead atoms. The molecule has 1 aliphatic heterocycles. The van der Waals surface area contributed by atoms with Gasteiger partial charge in [-0.1, -0.05) is 41.9 Å². The van der Waals surface area contributed by atoms with Crippen molar-refractivity contribution in [2.24, 2.45) is 9.98 Å². The number of benzene rings is 1. The van der Waals surface area contributed by atoms with Gasteiger partial charge in [-0.25, -0.2) is 9.98 Å². The van der Waals surface area contributed by atoms with E-state index in [-0.39, 0.29) is 0 Å². The number of hydrogen-bond acceptors (Lipinski definition) is 4. The SMILES string of the molecule is CN(C=NC1=Nc2[nH]cnc2C(Cl)N1)Cc1ccccc1. The smallest absolute Gasteiger partial charge is 0.227 e. The Morgan fingerprint density at radius 1 is 1.38 bits per heavy atom. The highest BCUT2D eigenvalue weighted by molar-refractivity contribution is 6.22. The lowest BCUT2D eigenvalue weighted by Gasteiger charge is -2.17. The van der Waals surface area contributed by atoms with Gasteiger partial charge in [-0.3, -0.25) is 0 Å². The van der Waals surface area contributed by atoms with Crippen LogP contribution in [0.1, 0.15) is 16.8 Å². The number of H-pyrrole nitrogens is 1. The van der Waals surface area contributed by atoms with E-state index in [1.54, 1.807) is 12.7 Å². The zero-order valence-corrected chi connectivity index (χ0v) is 12.2. The number of alkyl halides is 1. The highest BCUT2D eigenvalue weighted by atomic mass is 35.5. The number of aliphatic imine (C=N–C) groups is 2. The van der Waals surface area contributed by atoms with E-state index in [2.05, 4.69) is 37.4 Å². The van der Waals surface area contributed by atoms with E-state index < -0.39 is 5.50 Å². The molecule has 0 fully saturated rings. The van der Waals surface area contributed by atoms with Crippen LogP contribution in [0.3, 0.4) is 0 Å². The maximum atomic E-state index is 6.17. The highest BCUT2D eigenvalue weighted by Gasteiger charge is 2.21. The van der Waals surface area contributed by atoms with Crippen LogP contribution in [0.2, 0.25) is 0 Å². The average Bonchev–Trinajstić information content (AvgIpc) is 2.95. The van der Waals surface area contributed by atoms with Crippen LogP contribution in [0.25, 0.3) is 0 Å². The first-order chi connectivity index (χ1) is 10.2. The number of aromatic amines is 1. The molecule has 1 aromatic carbocycles. The Labute approximate surface area is 127 Å². The van der Waals surface area contributed by atoms with Crippen LogP contribution in [0.4, 0.5) is 5.82 Å². The van der Waals surface area contributed by atoms with Crippen LogP contribution < -0.4 is 5.32 Å². The Hall–Kier alpha value is -2.34. The van der Waals surface area contributed by atoms with Crippen molar-refractivity contribution in [3.63, 3.8) is 0 Å². The van der Waals surface area contributed by atoms with Crippen molar-refractivity contribution in [1.29, 1.82) is 0 Å². The molecule has 0 aliphatic carbocycles. The molecule has 1 aliphatic rings. The van der Waals surface area contributed by atoms with Gasteiger partial charge in [0.25, 0.3) is 0 Å². The number of aromatic nitrogens is 2. The Kier molecular flexibility index (Phi) is 3.87. The fraction of sp³-hybridized carbons (Fsp3) is 0.214. The van der Waals surface area contributed by atoms with Gasteiger partial charge in [0.1, 0.15) is 5.69 Å². The lowest BCUT2D eigenvalue weighted by Crippen LogP contribution is -2.28. The largest absolute Gasteiger partial charge is 0.361 e. The van der Waals surface area contributed by atoms with Crippen LogP contribution in [0.5, 0.6) is 0 Å². The van der Waals surface area contributed by atoms with Gasteiger partial charge in [-0.2, -0.15) is 4.99 Å². The van der Waals surface area contributed by atoms with Gasteiger partial charge >= 0.3 is 0 Å². The number of nitrogens with one attached hydrogen (secondary N) is 2. The quantitative estimate of drug-likeness (QED) is 0.396. The molecule has 3 rings (SSSR count). The molecule has 2 heterocycles. The summed E-state index contributed by atoms with van der Waals surface area (Å²) in [5, 5.41) is 2.99. The number of hydrogen-bond donors (Lipinski definition) is 2. The van der Waals surface area contributed by atoms with Crippen molar-refractivity contribution in [1.82, 2.24) is 20.2 Å². The molecule has 0 saturated heterocycles. The van der Waals surface area contributed by atoms with E-state index >= 15 is 0 Å². The Balaban J connectivity index is 1.67. The van der Waals surface area contributed by atoms with Crippen molar-refractivity contribution < 1.29 is 0 Å². The topological polar surface area (TPSA) is 68.7 Å². The molecular formula is C14H15ClN6. The molecule has 0 spiro atoms. The third-order valence-electron chi connectivity index (χ3n) is 3.01. The number of nitrogens with zero attached hydrogens (tertiary/aromatic N) is 4. The minimum absolute atomic E-state index is 0.421. The van der Waals surface area contributed by atoms with Crippen LogP contribution in [-0.4, -0.2) is 34.2 Å². The fourth-order valence-electron chi connectivity index (χ4n) is 2.02. The summed E-state index contributed by atoms with van der Waals surface area (Å²) in [6.07, 6.45) is 3.29. The number of rotatable bonds is 3. The van der Waals surface area contributed by atoms with E-state index in [1.807, 2.05) is 30.1 Å². The van der Waals surface area contributed by atoms with Gasteiger partial charge in [0.15, 0.2) is 11.3 Å². The van der Waals surface area contributed by atoms with Gasteiger partial charge < -0.3 is 15.2 Å². The molecule has 1 unspecified atom stereocenters. The first-order valence-electron chi connectivity index (χ1n) is 6.53. The zero-order valence-electron chi connectivity index (χ0n) is 11.5. The van der Waals surface area contributed by atoms with E-state index in [9.17, 15) is 0 Å². The van der Waals surface area contributed by atoms with Crippen LogP contribution >= 0.6 is 11.6 Å². The molecule has 2 N–H and O–H groups in total. The molecule has 0 radical (unpaired) electrons. The Morgan fingerprint density at radius 3 is 3.00 bits per heavy atom. The van der Waals surface area contributed by atoms with Gasteiger partial charge in [-0.05, 0) is 5.56 Å². The van der Waals surface area contributed by atoms with Crippen molar-refractivity contribution in [2.75, 3.05) is 7.05 Å². The predicted octanol–water partition coefficient (Wildman–Crippen LogP) is 2.40. The lowest BCUT2D eigenvalue weighted by molar-refractivity contribution is 0.516. The van der Waals surface area contributed by atoms with E-state index in [0.29, 0.717) is 17.5 Å². The third kappa shape index (κ3) is 3.22. The predicted molar refractivity (Wildman–Crippen MR) is 83.8 cm³/mol. The third-order valence-corrected chi connectivity index (χ3v) is 3.33. The Morgan fingerprint density at radius 2 is 2.19 bits per heavy atom. The van der Waals surface area contributed by atoms with Gasteiger partial charge in [-0.15, -0.1) is 0 Å². The maximum absolute atomic E-state index is 6.17. The highest BCUT2D eigenvalue weighted by Crippen LogP contribution is 2.27. The maximum Gasteiger partial charge on any atom is 0.227 e. The van der Waals surface area contributed by atoms with Gasteiger partial charge in [0.05, 0.1) is 12.7 Å². The standard InChI is InChI=1S/C14H15ClN6/c1-21(7-10-5-3-2-4-6-10)9-18-14-19-12(15)11-13(20-14)17-8-16-11/h2-6,8-9,12H,7H2,1H3,(H,16,17)(H,19,20). The molecule has 1 atom stereocenters. The van der Waals surface area contributed by atoms with Crippen LogP contribution in [0.15, 0.2) is 46.6 Å². The minimum Gasteiger partial charge on any atom is -0.361 e. The molecule has 0 amide bonds. The molecule has 0 saturated carbocycles. The zero-order chi connectivity index (χ0) is 14.7. The molecule has 1 aromatic heterocycles. The number of halogens is 1. The van der Waals surface area contributed by atoms with E-state index in [4.69, 9.17) is 11.6 Å². The molecule has 108 valence electrons. The van der Waals surface area contributed by atoms with Crippen molar-refractivity contribution in [2.45, 2.75) is 12.0 Å². The second-order valence-corrected chi connectivity index (χ2v) is 5.16. The van der Waals surface area contributed by atoms with Gasteiger partial charge in [0.2, 0.25) is 5.96 Å². The van der Waals surface area contributed by atoms with E-state index in [0.717, 1.165) is 6.54 Å². The monoisotopic (exact) mass is 302 g/mol. The summed E-state index contributed by atoms with van der Waals surface area (Å²) in [4.78, 5) is 17.6. The normalized spacial score (nSPS) is 17.2. The molecule has 21 heavy (non-hydrogen) atoms. The summed E-state index contributed by atoms with van der Waals surface area (Å²) in [5.41, 5.74) is 1.49. The first kappa shape index (κ1) is 13.6. The van der Waals surface area contributed by atoms with Crippen molar-refractivity contribution >= 4 is 29.7 Å². The molecule has 7 heteroatoms. The van der Waals surface area contributed by atoms with Crippen LogP contribution in [0, 0.1) is 0 Å². The van der Waals surface area contributed by atoms with Gasteiger partial charge in [0, 0.05) is 13.6 Å². The fourth-order valence-corrected chi connectivity index (χ4v) is 2.28. The van der Waals surface area contributed by atoms with Crippen molar-refractivity contribution in [3.05, 3.63) is 47.9 Å². The minimum atomic E-state index is -0.421. The Bertz CT molecular complexity index is 663. The lowest BCUT2D eigenvalue weighted by atomic mass is 10.2. The van der Waals surface area contributed by atoms with Crippen LogP contribution in [-0.2, 0) is 6.54 Å². The summed E-state index contributed by atoms with van der Waals surface area (Å²) >= 11 is 6.17. The number of guanidine groups is 1. The summed E-state index contributed by atoms with van der Waals surface area (Å²) in [6, 6.07) is 10.2. The second kappa shape index (κ2) is 5.97. The number of imidazole rings is 1. The summed E-state index contributed by atoms with van der Waals surface area (Å²) in [5.74, 6) is 1.11. The number of fused-ring (bicyclic) bond motifs is 1. The van der Waals surface area contributed by atoms with E-state index in [1.165, 1.54) is 5.56 Å². The summed E-state index contributed by atoms with van der Waals surface area (Å²) in [7, 11) is 1.96. The summed E-state index contributed by atoms with van der Waals surface area (Å²) < 4.78 is 0. The first-order valence-corrected chi connectivity index (χ1v) is 6.97.